The topological polar surface area (TPSA) is 85.1 Å². The Labute approximate surface area is 140 Å². The summed E-state index contributed by atoms with van der Waals surface area (Å²) in [6.07, 6.45) is 1.47. The van der Waals surface area contributed by atoms with Crippen molar-refractivity contribution in [1.29, 1.82) is 0 Å². The van der Waals surface area contributed by atoms with E-state index in [9.17, 15) is 14.9 Å². The second-order valence-corrected chi connectivity index (χ2v) is 6.00. The Kier molecular flexibility index (Phi) is 4.92. The molecule has 1 aromatic carbocycles. The second-order valence-electron chi connectivity index (χ2n) is 3.87. The summed E-state index contributed by atoms with van der Waals surface area (Å²) < 4.78 is 1.00. The molecule has 2 rings (SSSR count). The highest BCUT2D eigenvalue weighted by Crippen LogP contribution is 2.28. The van der Waals surface area contributed by atoms with Crippen LogP contribution >= 0.6 is 43.5 Å². The average molecular weight is 435 g/mol. The van der Waals surface area contributed by atoms with Gasteiger partial charge in [0.1, 0.15) is 5.15 Å². The van der Waals surface area contributed by atoms with Crippen molar-refractivity contribution in [3.8, 4) is 0 Å². The molecule has 0 radical (unpaired) electrons. The van der Waals surface area contributed by atoms with Gasteiger partial charge in [0.15, 0.2) is 0 Å². The molecule has 0 fully saturated rings. The lowest BCUT2D eigenvalue weighted by molar-refractivity contribution is -0.384. The molecule has 1 aromatic heterocycles. The zero-order chi connectivity index (χ0) is 15.6. The van der Waals surface area contributed by atoms with E-state index in [-0.39, 0.29) is 16.4 Å². The van der Waals surface area contributed by atoms with Crippen LogP contribution in [0.25, 0.3) is 0 Å². The minimum atomic E-state index is -0.522. The van der Waals surface area contributed by atoms with Gasteiger partial charge in [-0.1, -0.05) is 11.6 Å². The molecule has 0 spiro atoms. The third-order valence-electron chi connectivity index (χ3n) is 2.46. The number of rotatable bonds is 3. The number of hydrogen-bond donors (Lipinski definition) is 1. The van der Waals surface area contributed by atoms with Crippen molar-refractivity contribution in [1.82, 2.24) is 4.98 Å². The number of non-ortho nitro benzene ring substituents is 1. The number of anilines is 1. The van der Waals surface area contributed by atoms with Crippen LogP contribution in [0.3, 0.4) is 0 Å². The van der Waals surface area contributed by atoms with E-state index in [0.29, 0.717) is 14.6 Å². The molecule has 0 saturated carbocycles. The van der Waals surface area contributed by atoms with Gasteiger partial charge in [-0.3, -0.25) is 14.9 Å². The first-order chi connectivity index (χ1) is 9.88. The second kappa shape index (κ2) is 6.50. The summed E-state index contributed by atoms with van der Waals surface area (Å²) in [7, 11) is 0. The number of benzene rings is 1. The van der Waals surface area contributed by atoms with Crippen molar-refractivity contribution in [2.75, 3.05) is 5.32 Å². The van der Waals surface area contributed by atoms with Gasteiger partial charge in [0.2, 0.25) is 0 Å². The van der Waals surface area contributed by atoms with E-state index in [1.54, 1.807) is 0 Å². The quantitative estimate of drug-likeness (QED) is 0.439. The smallest absolute Gasteiger partial charge is 0.270 e. The van der Waals surface area contributed by atoms with Crippen LogP contribution in [0, 0.1) is 10.1 Å². The molecule has 1 N–H and O–H groups in total. The predicted molar refractivity (Wildman–Crippen MR) is 85.7 cm³/mol. The van der Waals surface area contributed by atoms with Crippen LogP contribution in [0.1, 0.15) is 10.4 Å². The number of carbonyl (C=O) groups excluding carboxylic acids is 1. The van der Waals surface area contributed by atoms with Crippen LogP contribution < -0.4 is 5.32 Å². The largest absolute Gasteiger partial charge is 0.321 e. The SMILES string of the molecule is O=C(Nc1ccc([N+](=O)[O-])cc1Br)c1cc(Br)cnc1Cl. The Balaban J connectivity index is 2.27. The molecule has 0 unspecified atom stereocenters. The van der Waals surface area contributed by atoms with E-state index in [0.717, 1.165) is 0 Å². The summed E-state index contributed by atoms with van der Waals surface area (Å²) in [4.78, 5) is 26.1. The molecule has 1 amide bonds. The van der Waals surface area contributed by atoms with Gasteiger partial charge in [0.25, 0.3) is 11.6 Å². The number of amides is 1. The highest BCUT2D eigenvalue weighted by Gasteiger charge is 2.15. The van der Waals surface area contributed by atoms with Gasteiger partial charge in [0.05, 0.1) is 16.2 Å². The molecule has 0 aliphatic heterocycles. The molecular weight excluding hydrogens is 429 g/mol. The fraction of sp³-hybridized carbons (Fsp3) is 0. The van der Waals surface area contributed by atoms with Gasteiger partial charge in [-0.05, 0) is 44.0 Å². The number of halogens is 3. The highest BCUT2D eigenvalue weighted by atomic mass is 79.9. The standard InChI is InChI=1S/C12H6Br2ClN3O3/c13-6-3-8(11(15)16-5-6)12(19)17-10-2-1-7(18(20)21)4-9(10)14/h1-5H,(H,17,19). The molecule has 0 saturated heterocycles. The number of nitro benzene ring substituents is 1. The maximum atomic E-state index is 12.1. The lowest BCUT2D eigenvalue weighted by atomic mass is 10.2. The van der Waals surface area contributed by atoms with Crippen LogP contribution in [0.15, 0.2) is 39.4 Å². The first-order valence-corrected chi connectivity index (χ1v) is 7.41. The molecule has 21 heavy (non-hydrogen) atoms. The molecule has 108 valence electrons. The molecule has 0 aliphatic carbocycles. The molecule has 0 atom stereocenters. The van der Waals surface area contributed by atoms with E-state index in [1.807, 2.05) is 0 Å². The Bertz CT molecular complexity index is 740. The van der Waals surface area contributed by atoms with E-state index < -0.39 is 10.8 Å². The van der Waals surface area contributed by atoms with Crippen molar-refractivity contribution >= 4 is 60.7 Å². The predicted octanol–water partition coefficient (Wildman–Crippen LogP) is 4.42. The van der Waals surface area contributed by atoms with Gasteiger partial charge in [0, 0.05) is 27.3 Å². The van der Waals surface area contributed by atoms with Crippen molar-refractivity contribution < 1.29 is 9.72 Å². The molecule has 6 nitrogen and oxygen atoms in total. The van der Waals surface area contributed by atoms with Crippen molar-refractivity contribution in [3.63, 3.8) is 0 Å². The zero-order valence-corrected chi connectivity index (χ0v) is 14.1. The molecule has 0 aliphatic rings. The Hall–Kier alpha value is -1.51. The van der Waals surface area contributed by atoms with Gasteiger partial charge >= 0.3 is 0 Å². The van der Waals surface area contributed by atoms with Crippen LogP contribution in [0.5, 0.6) is 0 Å². The summed E-state index contributed by atoms with van der Waals surface area (Å²) in [6.45, 7) is 0. The summed E-state index contributed by atoms with van der Waals surface area (Å²) in [6, 6.07) is 5.56. The maximum absolute atomic E-state index is 12.1. The molecule has 1 heterocycles. The molecule has 2 aromatic rings. The number of nitrogens with one attached hydrogen (secondary N) is 1. The lowest BCUT2D eigenvalue weighted by Gasteiger charge is -2.08. The summed E-state index contributed by atoms with van der Waals surface area (Å²) in [5, 5.41) is 13.3. The monoisotopic (exact) mass is 433 g/mol. The van der Waals surface area contributed by atoms with Gasteiger partial charge in [-0.2, -0.15) is 0 Å². The first kappa shape index (κ1) is 15.9. The summed E-state index contributed by atoms with van der Waals surface area (Å²) >= 11 is 12.2. The number of nitrogens with zero attached hydrogens (tertiary/aromatic N) is 2. The van der Waals surface area contributed by atoms with Crippen molar-refractivity contribution in [2.24, 2.45) is 0 Å². The Morgan fingerprint density at radius 2 is 2.05 bits per heavy atom. The van der Waals surface area contributed by atoms with Crippen molar-refractivity contribution in [2.45, 2.75) is 0 Å². The number of pyridine rings is 1. The number of hydrogen-bond acceptors (Lipinski definition) is 4. The maximum Gasteiger partial charge on any atom is 0.270 e. The zero-order valence-electron chi connectivity index (χ0n) is 10.1. The lowest BCUT2D eigenvalue weighted by Crippen LogP contribution is -2.13. The number of carbonyl (C=O) groups is 1. The molecule has 9 heteroatoms. The molecular formula is C12H6Br2ClN3O3. The third kappa shape index (κ3) is 3.78. The fourth-order valence-corrected chi connectivity index (χ4v) is 2.48. The fourth-order valence-electron chi connectivity index (χ4n) is 1.49. The van der Waals surface area contributed by atoms with E-state index in [4.69, 9.17) is 11.6 Å². The first-order valence-electron chi connectivity index (χ1n) is 5.45. The van der Waals surface area contributed by atoms with E-state index >= 15 is 0 Å². The Morgan fingerprint density at radius 3 is 2.67 bits per heavy atom. The number of aromatic nitrogens is 1. The van der Waals surface area contributed by atoms with Gasteiger partial charge in [-0.15, -0.1) is 0 Å². The van der Waals surface area contributed by atoms with Crippen LogP contribution in [-0.4, -0.2) is 15.8 Å². The number of nitro groups is 1. The van der Waals surface area contributed by atoms with Gasteiger partial charge < -0.3 is 5.32 Å². The third-order valence-corrected chi connectivity index (χ3v) is 3.85. The van der Waals surface area contributed by atoms with Crippen LogP contribution in [0.2, 0.25) is 5.15 Å². The van der Waals surface area contributed by atoms with E-state index in [2.05, 4.69) is 42.2 Å². The minimum absolute atomic E-state index is 0.0636. The normalized spacial score (nSPS) is 10.2. The summed E-state index contributed by atoms with van der Waals surface area (Å²) in [5.41, 5.74) is 0.500. The van der Waals surface area contributed by atoms with E-state index in [1.165, 1.54) is 30.5 Å². The summed E-state index contributed by atoms with van der Waals surface area (Å²) in [5.74, 6) is -0.469. The van der Waals surface area contributed by atoms with Crippen LogP contribution in [0.4, 0.5) is 11.4 Å². The van der Waals surface area contributed by atoms with Crippen LogP contribution in [-0.2, 0) is 0 Å². The highest BCUT2D eigenvalue weighted by molar-refractivity contribution is 9.10. The van der Waals surface area contributed by atoms with Gasteiger partial charge in [-0.25, -0.2) is 4.98 Å². The van der Waals surface area contributed by atoms with Crippen molar-refractivity contribution in [3.05, 3.63) is 60.2 Å². The minimum Gasteiger partial charge on any atom is -0.321 e. The average Bonchev–Trinajstić information content (AvgIpc) is 2.43. The molecule has 0 bridgehead atoms. The Morgan fingerprint density at radius 1 is 1.33 bits per heavy atom.